The van der Waals surface area contributed by atoms with Crippen LogP contribution in [0.3, 0.4) is 0 Å². The van der Waals surface area contributed by atoms with Crippen LogP contribution in [-0.2, 0) is 9.13 Å². The number of rotatable bonds is 2. The first-order valence-electron chi connectivity index (χ1n) is 6.27. The molecule has 27 heavy (non-hydrogen) atoms. The van der Waals surface area contributed by atoms with Gasteiger partial charge in [0.25, 0.3) is 0 Å². The summed E-state index contributed by atoms with van der Waals surface area (Å²) in [6.45, 7) is 0. The number of phenols is 1. The fourth-order valence-electron chi connectivity index (χ4n) is 1.18. The van der Waals surface area contributed by atoms with Crippen molar-refractivity contribution in [1.82, 2.24) is 0 Å². The molecular weight excluding hydrogens is 632 g/mol. The zero-order valence-corrected chi connectivity index (χ0v) is 19.6. The van der Waals surface area contributed by atoms with Crippen LogP contribution in [0.1, 0.15) is 0 Å². The molecule has 0 amide bonds. The molecule has 11 nitrogen and oxygen atoms in total. The van der Waals surface area contributed by atoms with Crippen LogP contribution in [0.2, 0.25) is 0 Å². The lowest BCUT2D eigenvalue weighted by Gasteiger charge is -2.19. The summed E-state index contributed by atoms with van der Waals surface area (Å²) in [5.74, 6) is 0.362. The van der Waals surface area contributed by atoms with Crippen LogP contribution in [0, 0.1) is 0 Å². The Balaban J connectivity index is -0.000000337. The van der Waals surface area contributed by atoms with Crippen molar-refractivity contribution < 1.29 is 103 Å². The van der Waals surface area contributed by atoms with Gasteiger partial charge in [-0.1, -0.05) is 0 Å². The van der Waals surface area contributed by atoms with E-state index in [2.05, 4.69) is 16.0 Å². The standard InChI is InChI=1S/C6H8NO4P.C6H7NO.2HI.H3O4P/c7-5-1-3-6(4-2-5)11-12(8,9)10;7-5-1-3-6(8)4-2-5;;;1-5(2,3)4/h1-4H,7H2,(H2,8,9,10);1-4,8H,7H2;2*1H;(H3,1,2,3,4)/p-3. The number of phosphoric ester groups is 1. The van der Waals surface area contributed by atoms with Crippen LogP contribution >= 0.6 is 15.6 Å². The predicted octanol–water partition coefficient (Wildman–Crippen LogP) is -8.52. The molecule has 0 aromatic heterocycles. The molecule has 0 saturated carbocycles. The third-order valence-corrected chi connectivity index (χ3v) is 2.52. The van der Waals surface area contributed by atoms with Crippen LogP contribution in [0.15, 0.2) is 48.5 Å². The van der Waals surface area contributed by atoms with Gasteiger partial charge in [0.15, 0.2) is 0 Å². The Morgan fingerprint density at radius 3 is 1.33 bits per heavy atom. The smallest absolute Gasteiger partial charge is 0.317 e. The number of halogens is 2. The van der Waals surface area contributed by atoms with Crippen LogP contribution in [-0.4, -0.2) is 14.9 Å². The van der Waals surface area contributed by atoms with Crippen molar-refractivity contribution in [3.8, 4) is 11.5 Å². The van der Waals surface area contributed by atoms with Gasteiger partial charge in [0.1, 0.15) is 22.9 Å². The van der Waals surface area contributed by atoms with Gasteiger partial charge in [0.05, 0.1) is 7.82 Å². The van der Waals surface area contributed by atoms with Crippen molar-refractivity contribution >= 4 is 27.0 Å². The molecule has 1 unspecified atom stereocenters. The van der Waals surface area contributed by atoms with Gasteiger partial charge in [-0.2, -0.15) is 0 Å². The van der Waals surface area contributed by atoms with Crippen LogP contribution in [0.5, 0.6) is 11.5 Å². The second-order valence-corrected chi connectivity index (χ2v) is 6.40. The number of hydrogen-bond donors (Lipinski definition) is 5. The van der Waals surface area contributed by atoms with E-state index in [1.165, 1.54) is 12.1 Å². The summed E-state index contributed by atoms with van der Waals surface area (Å²) in [6, 6.07) is 12.7. The lowest BCUT2D eigenvalue weighted by atomic mass is 10.3. The largest absolute Gasteiger partial charge is 1.00 e. The quantitative estimate of drug-likeness (QED) is 0.154. The average Bonchev–Trinajstić information content (AvgIpc) is 2.42. The maximum Gasteiger partial charge on any atom is 0.317 e. The van der Waals surface area contributed by atoms with Crippen molar-refractivity contribution in [1.29, 1.82) is 0 Å². The molecule has 0 saturated heterocycles. The third-order valence-electron chi connectivity index (χ3n) is 2.08. The highest BCUT2D eigenvalue weighted by molar-refractivity contribution is 7.45. The van der Waals surface area contributed by atoms with Crippen molar-refractivity contribution in [2.24, 2.45) is 0 Å². The van der Waals surface area contributed by atoms with Gasteiger partial charge in [-0.15, -0.1) is 0 Å². The Kier molecular flexibility index (Phi) is 17.0. The van der Waals surface area contributed by atoms with Crippen LogP contribution < -0.4 is 78.6 Å². The zero-order valence-electron chi connectivity index (χ0n) is 13.5. The Bertz CT molecular complexity index is 706. The van der Waals surface area contributed by atoms with Crippen LogP contribution in [0.25, 0.3) is 0 Å². The minimum atomic E-state index is -5.14. The fourth-order valence-corrected chi connectivity index (χ4v) is 1.57. The molecule has 0 bridgehead atoms. The third kappa shape index (κ3) is 23.6. The molecule has 0 aliphatic heterocycles. The normalized spacial score (nSPS) is 11.7. The summed E-state index contributed by atoms with van der Waals surface area (Å²) in [5.41, 5.74) is 8.90. The summed E-state index contributed by atoms with van der Waals surface area (Å²) >= 11 is 0. The van der Waals surface area contributed by atoms with Gasteiger partial charge in [0.2, 0.25) is 0 Å². The van der Waals surface area contributed by atoms with E-state index in [0.717, 1.165) is 11.4 Å². The second-order valence-electron chi connectivity index (χ2n) is 4.34. The SMILES string of the molecule is O=P([O-])([O-])O.[I-].[I-].[NH3+]c1ccc(O)cc1.[NH3+]c1ccc(OP(=O)([O-])O)cc1. The zero-order chi connectivity index (χ0) is 19.7. The van der Waals surface area contributed by atoms with E-state index in [9.17, 15) is 9.46 Å². The molecule has 156 valence electrons. The van der Waals surface area contributed by atoms with E-state index < -0.39 is 15.6 Å². The van der Waals surface area contributed by atoms with Gasteiger partial charge in [-0.05, 0) is 24.3 Å². The molecule has 1 atom stereocenters. The maximum absolute atomic E-state index is 10.2. The number of hydrogen-bond acceptors (Lipinski definition) is 7. The van der Waals surface area contributed by atoms with E-state index in [4.69, 9.17) is 29.2 Å². The molecule has 9 N–H and O–H groups in total. The number of phenolic OH excluding ortho intramolecular Hbond substituents is 1. The molecule has 2 aromatic carbocycles. The number of phosphoric acid groups is 2. The topological polar surface area (TPSA) is 229 Å². The highest BCUT2D eigenvalue weighted by Crippen LogP contribution is 2.32. The number of aromatic hydroxyl groups is 1. The van der Waals surface area contributed by atoms with Gasteiger partial charge in [-0.3, -0.25) is 4.57 Å². The molecule has 0 spiro atoms. The molecule has 15 heteroatoms. The fraction of sp³-hybridized carbons (Fsp3) is 0. The van der Waals surface area contributed by atoms with E-state index in [-0.39, 0.29) is 59.5 Å². The Labute approximate surface area is 188 Å². The molecule has 0 radical (unpaired) electrons. The van der Waals surface area contributed by atoms with Gasteiger partial charge in [0, 0.05) is 24.3 Å². The van der Waals surface area contributed by atoms with Crippen molar-refractivity contribution in [2.75, 3.05) is 0 Å². The molecule has 2 rings (SSSR count). The van der Waals surface area contributed by atoms with E-state index >= 15 is 0 Å². The molecular formula is C12H17I2N2O9P2-3. The van der Waals surface area contributed by atoms with Crippen molar-refractivity contribution in [2.45, 2.75) is 0 Å². The Morgan fingerprint density at radius 2 is 1.07 bits per heavy atom. The van der Waals surface area contributed by atoms with E-state index in [1.54, 1.807) is 36.4 Å². The predicted molar refractivity (Wildman–Crippen MR) is 79.9 cm³/mol. The summed E-state index contributed by atoms with van der Waals surface area (Å²) in [6.07, 6.45) is 0. The average molecular weight is 649 g/mol. The monoisotopic (exact) mass is 649 g/mol. The van der Waals surface area contributed by atoms with Gasteiger partial charge < -0.3 is 98.1 Å². The first-order chi connectivity index (χ1) is 11.3. The summed E-state index contributed by atoms with van der Waals surface area (Å²) in [7, 11) is -9.81. The number of benzene rings is 2. The Morgan fingerprint density at radius 1 is 0.778 bits per heavy atom. The number of quaternary nitrogens is 2. The molecule has 0 heterocycles. The molecule has 0 fully saturated rings. The van der Waals surface area contributed by atoms with Crippen LogP contribution in [0.4, 0.5) is 11.4 Å². The highest BCUT2D eigenvalue weighted by Gasteiger charge is 2.03. The lowest BCUT2D eigenvalue weighted by molar-refractivity contribution is -0.337. The highest BCUT2D eigenvalue weighted by atomic mass is 127. The van der Waals surface area contributed by atoms with E-state index in [0.29, 0.717) is 0 Å². The minimum absolute atomic E-state index is 0. The van der Waals surface area contributed by atoms with E-state index in [1.807, 2.05) is 0 Å². The van der Waals surface area contributed by atoms with Gasteiger partial charge >= 0.3 is 7.82 Å². The maximum atomic E-state index is 10.2. The Hall–Kier alpha value is -0.320. The lowest BCUT2D eigenvalue weighted by Crippen LogP contribution is -3.00. The van der Waals surface area contributed by atoms with Gasteiger partial charge in [-0.25, -0.2) is 0 Å². The molecule has 2 aromatic rings. The summed E-state index contributed by atoms with van der Waals surface area (Å²) < 4.78 is 23.1. The molecule has 0 aliphatic rings. The second kappa shape index (κ2) is 14.6. The summed E-state index contributed by atoms with van der Waals surface area (Å²) in [4.78, 5) is 42.8. The van der Waals surface area contributed by atoms with Crippen molar-refractivity contribution in [3.05, 3.63) is 48.5 Å². The minimum Gasteiger partial charge on any atom is -1.00 e. The first kappa shape index (κ1) is 31.4. The van der Waals surface area contributed by atoms with Crippen molar-refractivity contribution in [3.63, 3.8) is 0 Å². The summed E-state index contributed by atoms with van der Waals surface area (Å²) in [5, 5.41) is 8.73. The first-order valence-corrected chi connectivity index (χ1v) is 9.26. The molecule has 0 aliphatic carbocycles.